The molecule has 0 bridgehead atoms. The summed E-state index contributed by atoms with van der Waals surface area (Å²) in [5.74, 6) is 1.15. The molecule has 0 fully saturated rings. The number of hydrogen-bond acceptors (Lipinski definition) is 2. The minimum atomic E-state index is 0.406. The Hall–Kier alpha value is -1.83. The molecule has 0 radical (unpaired) electrons. The van der Waals surface area contributed by atoms with Crippen LogP contribution in [0.25, 0.3) is 11.3 Å². The summed E-state index contributed by atoms with van der Waals surface area (Å²) in [6.07, 6.45) is 0.738. The molecule has 0 amide bonds. The van der Waals surface area contributed by atoms with E-state index < -0.39 is 0 Å². The van der Waals surface area contributed by atoms with Crippen molar-refractivity contribution in [1.82, 2.24) is 0 Å². The van der Waals surface area contributed by atoms with E-state index in [-0.39, 0.29) is 0 Å². The first-order chi connectivity index (χ1) is 6.81. The van der Waals surface area contributed by atoms with Gasteiger partial charge in [-0.3, -0.25) is 4.79 Å². The van der Waals surface area contributed by atoms with E-state index in [1.807, 2.05) is 43.3 Å². The standard InChI is InChI=1S/C12H10O2/c1-9-7-11(14-12(9)8-13)10-5-3-2-4-6-10/h2-8H,1H3. The summed E-state index contributed by atoms with van der Waals surface area (Å²) in [7, 11) is 0. The monoisotopic (exact) mass is 186 g/mol. The largest absolute Gasteiger partial charge is 0.453 e. The molecule has 0 atom stereocenters. The first-order valence-corrected chi connectivity index (χ1v) is 4.42. The van der Waals surface area contributed by atoms with Crippen molar-refractivity contribution < 1.29 is 9.21 Å². The van der Waals surface area contributed by atoms with Crippen LogP contribution in [-0.4, -0.2) is 6.29 Å². The minimum Gasteiger partial charge on any atom is -0.453 e. The van der Waals surface area contributed by atoms with Gasteiger partial charge in [0, 0.05) is 5.56 Å². The van der Waals surface area contributed by atoms with Gasteiger partial charge in [0.1, 0.15) is 5.76 Å². The number of aldehydes is 1. The summed E-state index contributed by atoms with van der Waals surface area (Å²) in [6.45, 7) is 1.86. The van der Waals surface area contributed by atoms with Gasteiger partial charge < -0.3 is 4.42 Å². The summed E-state index contributed by atoms with van der Waals surface area (Å²) >= 11 is 0. The van der Waals surface area contributed by atoms with E-state index in [0.29, 0.717) is 5.76 Å². The Bertz CT molecular complexity index is 441. The predicted octanol–water partition coefficient (Wildman–Crippen LogP) is 3.07. The second-order valence-corrected chi connectivity index (χ2v) is 3.14. The number of furan rings is 1. The van der Waals surface area contributed by atoms with E-state index in [0.717, 1.165) is 23.2 Å². The van der Waals surface area contributed by atoms with Crippen molar-refractivity contribution >= 4 is 6.29 Å². The fourth-order valence-electron chi connectivity index (χ4n) is 1.36. The zero-order chi connectivity index (χ0) is 9.97. The first kappa shape index (κ1) is 8.75. The molecule has 2 nitrogen and oxygen atoms in total. The molecule has 14 heavy (non-hydrogen) atoms. The molecule has 2 aromatic rings. The van der Waals surface area contributed by atoms with Crippen molar-refractivity contribution in [2.75, 3.05) is 0 Å². The summed E-state index contributed by atoms with van der Waals surface area (Å²) < 4.78 is 5.38. The summed E-state index contributed by atoms with van der Waals surface area (Å²) in [4.78, 5) is 10.6. The number of hydrogen-bond donors (Lipinski definition) is 0. The van der Waals surface area contributed by atoms with Gasteiger partial charge in [-0.05, 0) is 18.6 Å². The molecule has 0 saturated carbocycles. The quantitative estimate of drug-likeness (QED) is 0.674. The topological polar surface area (TPSA) is 30.2 Å². The maximum Gasteiger partial charge on any atom is 0.185 e. The van der Waals surface area contributed by atoms with Crippen LogP contribution < -0.4 is 0 Å². The maximum absolute atomic E-state index is 10.6. The van der Waals surface area contributed by atoms with Gasteiger partial charge in [-0.25, -0.2) is 0 Å². The SMILES string of the molecule is Cc1cc(-c2ccccc2)oc1C=O. The van der Waals surface area contributed by atoms with Gasteiger partial charge in [-0.1, -0.05) is 30.3 Å². The molecule has 0 aliphatic carbocycles. The highest BCUT2D eigenvalue weighted by Gasteiger charge is 2.07. The maximum atomic E-state index is 10.6. The molecule has 1 aromatic heterocycles. The Morgan fingerprint density at radius 3 is 2.50 bits per heavy atom. The Kier molecular flexibility index (Phi) is 2.19. The third-order valence-electron chi connectivity index (χ3n) is 2.12. The number of carbonyl (C=O) groups is 1. The van der Waals surface area contributed by atoms with Crippen LogP contribution in [0.5, 0.6) is 0 Å². The molecular weight excluding hydrogens is 176 g/mol. The minimum absolute atomic E-state index is 0.406. The highest BCUT2D eigenvalue weighted by Crippen LogP contribution is 2.23. The van der Waals surface area contributed by atoms with Crippen LogP contribution in [0.15, 0.2) is 40.8 Å². The molecule has 70 valence electrons. The lowest BCUT2D eigenvalue weighted by Crippen LogP contribution is -1.74. The molecule has 0 N–H and O–H groups in total. The smallest absolute Gasteiger partial charge is 0.185 e. The van der Waals surface area contributed by atoms with Crippen LogP contribution >= 0.6 is 0 Å². The van der Waals surface area contributed by atoms with Crippen molar-refractivity contribution in [2.45, 2.75) is 6.92 Å². The van der Waals surface area contributed by atoms with Gasteiger partial charge in [-0.15, -0.1) is 0 Å². The van der Waals surface area contributed by atoms with E-state index in [9.17, 15) is 4.79 Å². The van der Waals surface area contributed by atoms with E-state index in [4.69, 9.17) is 4.42 Å². The number of benzene rings is 1. The van der Waals surface area contributed by atoms with E-state index in [2.05, 4.69) is 0 Å². The molecular formula is C12H10O2. The lowest BCUT2D eigenvalue weighted by molar-refractivity contribution is 0.110. The van der Waals surface area contributed by atoms with Crippen LogP contribution in [0.4, 0.5) is 0 Å². The fourth-order valence-corrected chi connectivity index (χ4v) is 1.36. The molecule has 2 heteroatoms. The van der Waals surface area contributed by atoms with E-state index >= 15 is 0 Å². The van der Waals surface area contributed by atoms with Gasteiger partial charge in [0.25, 0.3) is 0 Å². The average Bonchev–Trinajstić information content (AvgIpc) is 2.61. The third-order valence-corrected chi connectivity index (χ3v) is 2.12. The highest BCUT2D eigenvalue weighted by atomic mass is 16.3. The van der Waals surface area contributed by atoms with Crippen molar-refractivity contribution in [3.05, 3.63) is 47.7 Å². The van der Waals surface area contributed by atoms with Crippen molar-refractivity contribution in [1.29, 1.82) is 0 Å². The number of aryl methyl sites for hydroxylation is 1. The van der Waals surface area contributed by atoms with Crippen molar-refractivity contribution in [3.8, 4) is 11.3 Å². The Morgan fingerprint density at radius 2 is 1.93 bits per heavy atom. The van der Waals surface area contributed by atoms with Crippen molar-refractivity contribution in [3.63, 3.8) is 0 Å². The highest BCUT2D eigenvalue weighted by molar-refractivity contribution is 5.75. The fraction of sp³-hybridized carbons (Fsp3) is 0.0833. The van der Waals surface area contributed by atoms with Crippen molar-refractivity contribution in [2.24, 2.45) is 0 Å². The Labute approximate surface area is 82.2 Å². The Morgan fingerprint density at radius 1 is 1.21 bits per heavy atom. The van der Waals surface area contributed by atoms with Crippen LogP contribution in [0.1, 0.15) is 16.1 Å². The zero-order valence-corrected chi connectivity index (χ0v) is 7.86. The Balaban J connectivity index is 2.48. The number of carbonyl (C=O) groups excluding carboxylic acids is 1. The van der Waals surface area contributed by atoms with E-state index in [1.165, 1.54) is 0 Å². The van der Waals surface area contributed by atoms with E-state index in [1.54, 1.807) is 0 Å². The molecule has 1 heterocycles. The van der Waals surface area contributed by atoms with Gasteiger partial charge in [0.15, 0.2) is 12.0 Å². The normalized spacial score (nSPS) is 10.1. The van der Waals surface area contributed by atoms with Gasteiger partial charge in [0.05, 0.1) is 0 Å². The molecule has 0 unspecified atom stereocenters. The second-order valence-electron chi connectivity index (χ2n) is 3.14. The molecule has 0 aliphatic rings. The summed E-state index contributed by atoms with van der Waals surface area (Å²) in [6, 6.07) is 11.6. The summed E-state index contributed by atoms with van der Waals surface area (Å²) in [5, 5.41) is 0. The number of rotatable bonds is 2. The molecule has 2 rings (SSSR count). The van der Waals surface area contributed by atoms with Crippen LogP contribution in [-0.2, 0) is 0 Å². The predicted molar refractivity (Wildman–Crippen MR) is 54.3 cm³/mol. The van der Waals surface area contributed by atoms with Crippen LogP contribution in [0.2, 0.25) is 0 Å². The lowest BCUT2D eigenvalue weighted by atomic mass is 10.1. The van der Waals surface area contributed by atoms with Gasteiger partial charge >= 0.3 is 0 Å². The third kappa shape index (κ3) is 1.46. The lowest BCUT2D eigenvalue weighted by Gasteiger charge is -1.93. The van der Waals surface area contributed by atoms with Gasteiger partial charge in [0.2, 0.25) is 0 Å². The molecule has 1 aromatic carbocycles. The van der Waals surface area contributed by atoms with Crippen LogP contribution in [0.3, 0.4) is 0 Å². The molecule has 0 spiro atoms. The zero-order valence-electron chi connectivity index (χ0n) is 7.86. The summed E-state index contributed by atoms with van der Waals surface area (Å²) in [5.41, 5.74) is 1.86. The van der Waals surface area contributed by atoms with Gasteiger partial charge in [-0.2, -0.15) is 0 Å². The average molecular weight is 186 g/mol. The molecule has 0 saturated heterocycles. The first-order valence-electron chi connectivity index (χ1n) is 4.42. The second kappa shape index (κ2) is 3.50. The van der Waals surface area contributed by atoms with Crippen LogP contribution in [0, 0.1) is 6.92 Å². The molecule has 0 aliphatic heterocycles.